The number of anilines is 2. The lowest BCUT2D eigenvalue weighted by Crippen LogP contribution is -2.15. The molecule has 3 aromatic rings. The van der Waals surface area contributed by atoms with Gasteiger partial charge in [0.1, 0.15) is 11.5 Å². The maximum atomic E-state index is 12.3. The Morgan fingerprint density at radius 3 is 2.81 bits per heavy atom. The number of carbonyl (C=O) groups is 1. The fourth-order valence-electron chi connectivity index (χ4n) is 2.09. The Kier molecular flexibility index (Phi) is 3.23. The Bertz CT molecular complexity index is 829. The van der Waals surface area contributed by atoms with Gasteiger partial charge in [-0.2, -0.15) is 0 Å². The number of nitrogen functional groups attached to an aromatic ring is 1. The minimum atomic E-state index is -0.291. The summed E-state index contributed by atoms with van der Waals surface area (Å²) in [5.74, 6) is 0.199. The van der Waals surface area contributed by atoms with Gasteiger partial charge in [0.2, 0.25) is 0 Å². The summed E-state index contributed by atoms with van der Waals surface area (Å²) in [6.45, 7) is 1.84. The van der Waals surface area contributed by atoms with Crippen molar-refractivity contribution >= 4 is 28.3 Å². The molecule has 0 unspecified atom stereocenters. The average Bonchev–Trinajstić information content (AvgIpc) is 2.49. The summed E-state index contributed by atoms with van der Waals surface area (Å²) < 4.78 is 0. The molecule has 0 saturated heterocycles. The van der Waals surface area contributed by atoms with Gasteiger partial charge in [0.15, 0.2) is 0 Å². The summed E-state index contributed by atoms with van der Waals surface area (Å²) >= 11 is 0. The number of nitrogens with two attached hydrogens (primary N) is 1. The number of aromatic nitrogens is 2. The van der Waals surface area contributed by atoms with E-state index < -0.39 is 0 Å². The molecule has 1 aromatic carbocycles. The van der Waals surface area contributed by atoms with E-state index in [0.717, 1.165) is 16.5 Å². The van der Waals surface area contributed by atoms with Crippen LogP contribution in [0.1, 0.15) is 16.1 Å². The van der Waals surface area contributed by atoms with Gasteiger partial charge in [0, 0.05) is 5.39 Å². The SMILES string of the molecule is Cc1cc(N)cnc1NC(=O)c1ccc2ccccc2n1. The summed E-state index contributed by atoms with van der Waals surface area (Å²) in [5, 5.41) is 3.75. The van der Waals surface area contributed by atoms with Crippen LogP contribution >= 0.6 is 0 Å². The first kappa shape index (κ1) is 13.1. The first-order chi connectivity index (χ1) is 10.1. The highest BCUT2D eigenvalue weighted by atomic mass is 16.1. The van der Waals surface area contributed by atoms with Crippen LogP contribution in [0.3, 0.4) is 0 Å². The number of carbonyl (C=O) groups excluding carboxylic acids is 1. The number of benzene rings is 1. The quantitative estimate of drug-likeness (QED) is 0.755. The maximum absolute atomic E-state index is 12.3. The smallest absolute Gasteiger partial charge is 0.275 e. The van der Waals surface area contributed by atoms with Crippen molar-refractivity contribution in [2.45, 2.75) is 6.92 Å². The highest BCUT2D eigenvalue weighted by Gasteiger charge is 2.10. The lowest BCUT2D eigenvalue weighted by Gasteiger charge is -2.08. The van der Waals surface area contributed by atoms with Crippen LogP contribution in [0.5, 0.6) is 0 Å². The van der Waals surface area contributed by atoms with Crippen molar-refractivity contribution < 1.29 is 4.79 Å². The van der Waals surface area contributed by atoms with Crippen molar-refractivity contribution in [3.63, 3.8) is 0 Å². The molecule has 0 spiro atoms. The predicted molar refractivity (Wildman–Crippen MR) is 83.1 cm³/mol. The molecule has 3 N–H and O–H groups in total. The fourth-order valence-corrected chi connectivity index (χ4v) is 2.09. The number of fused-ring (bicyclic) bond motifs is 1. The van der Waals surface area contributed by atoms with E-state index in [4.69, 9.17) is 5.73 Å². The standard InChI is InChI=1S/C16H14N4O/c1-10-8-12(17)9-18-15(10)20-16(21)14-7-6-11-4-2-3-5-13(11)19-14/h2-9H,17H2,1H3,(H,18,20,21). The third-order valence-corrected chi connectivity index (χ3v) is 3.16. The van der Waals surface area contributed by atoms with Crippen LogP contribution in [0, 0.1) is 6.92 Å². The third kappa shape index (κ3) is 2.67. The van der Waals surface area contributed by atoms with Crippen molar-refractivity contribution in [2.24, 2.45) is 0 Å². The molecule has 0 fully saturated rings. The molecule has 0 radical (unpaired) electrons. The van der Waals surface area contributed by atoms with Crippen molar-refractivity contribution in [1.82, 2.24) is 9.97 Å². The molecule has 21 heavy (non-hydrogen) atoms. The predicted octanol–water partition coefficient (Wildman–Crippen LogP) is 2.77. The Morgan fingerprint density at radius 2 is 2.00 bits per heavy atom. The molecule has 0 aliphatic heterocycles. The first-order valence-electron chi connectivity index (χ1n) is 6.53. The van der Waals surface area contributed by atoms with Gasteiger partial charge in [0.25, 0.3) is 5.91 Å². The third-order valence-electron chi connectivity index (χ3n) is 3.16. The van der Waals surface area contributed by atoms with E-state index in [2.05, 4.69) is 15.3 Å². The van der Waals surface area contributed by atoms with Gasteiger partial charge in [-0.05, 0) is 30.7 Å². The Morgan fingerprint density at radius 1 is 1.19 bits per heavy atom. The van der Waals surface area contributed by atoms with Crippen LogP contribution in [-0.4, -0.2) is 15.9 Å². The fraction of sp³-hybridized carbons (Fsp3) is 0.0625. The zero-order valence-corrected chi connectivity index (χ0v) is 11.5. The highest BCUT2D eigenvalue weighted by Crippen LogP contribution is 2.16. The maximum Gasteiger partial charge on any atom is 0.275 e. The van der Waals surface area contributed by atoms with Gasteiger partial charge in [0.05, 0.1) is 17.4 Å². The molecule has 2 aromatic heterocycles. The van der Waals surface area contributed by atoms with E-state index >= 15 is 0 Å². The number of aryl methyl sites for hydroxylation is 1. The van der Waals surface area contributed by atoms with E-state index in [-0.39, 0.29) is 5.91 Å². The number of nitrogens with zero attached hydrogens (tertiary/aromatic N) is 2. The van der Waals surface area contributed by atoms with Crippen LogP contribution < -0.4 is 11.1 Å². The van der Waals surface area contributed by atoms with Crippen LogP contribution in [0.4, 0.5) is 11.5 Å². The number of hydrogen-bond donors (Lipinski definition) is 2. The Balaban J connectivity index is 1.89. The van der Waals surface area contributed by atoms with Crippen LogP contribution in [-0.2, 0) is 0 Å². The molecule has 104 valence electrons. The molecule has 0 atom stereocenters. The first-order valence-corrected chi connectivity index (χ1v) is 6.53. The molecule has 1 amide bonds. The molecule has 5 heteroatoms. The van der Waals surface area contributed by atoms with Gasteiger partial charge in [-0.1, -0.05) is 24.3 Å². The van der Waals surface area contributed by atoms with E-state index in [1.54, 1.807) is 12.1 Å². The summed E-state index contributed by atoms with van der Waals surface area (Å²) in [5.41, 5.74) is 8.16. The van der Waals surface area contributed by atoms with Crippen molar-refractivity contribution in [2.75, 3.05) is 11.1 Å². The zero-order chi connectivity index (χ0) is 14.8. The summed E-state index contributed by atoms with van der Waals surface area (Å²) in [4.78, 5) is 20.7. The molecule has 3 rings (SSSR count). The number of nitrogens with one attached hydrogen (secondary N) is 1. The second-order valence-electron chi connectivity index (χ2n) is 4.78. The van der Waals surface area contributed by atoms with Crippen LogP contribution in [0.25, 0.3) is 10.9 Å². The minimum absolute atomic E-state index is 0.291. The molecular formula is C16H14N4O. The van der Waals surface area contributed by atoms with Gasteiger partial charge >= 0.3 is 0 Å². The van der Waals surface area contributed by atoms with Gasteiger partial charge < -0.3 is 11.1 Å². The highest BCUT2D eigenvalue weighted by molar-refractivity contribution is 6.03. The number of amides is 1. The van der Waals surface area contributed by atoms with Gasteiger partial charge in [-0.3, -0.25) is 4.79 Å². The van der Waals surface area contributed by atoms with E-state index in [1.807, 2.05) is 37.3 Å². The van der Waals surface area contributed by atoms with E-state index in [0.29, 0.717) is 17.2 Å². The van der Waals surface area contributed by atoms with Gasteiger partial charge in [-0.15, -0.1) is 0 Å². The number of rotatable bonds is 2. The second-order valence-corrected chi connectivity index (χ2v) is 4.78. The Labute approximate surface area is 121 Å². The largest absolute Gasteiger partial charge is 0.397 e. The van der Waals surface area contributed by atoms with Crippen LogP contribution in [0.15, 0.2) is 48.7 Å². The van der Waals surface area contributed by atoms with Crippen molar-refractivity contribution in [1.29, 1.82) is 0 Å². The molecule has 0 saturated carbocycles. The van der Waals surface area contributed by atoms with Crippen molar-refractivity contribution in [3.8, 4) is 0 Å². The lowest BCUT2D eigenvalue weighted by atomic mass is 10.2. The molecule has 2 heterocycles. The van der Waals surface area contributed by atoms with E-state index in [9.17, 15) is 4.79 Å². The molecule has 0 aliphatic carbocycles. The normalized spacial score (nSPS) is 10.5. The second kappa shape index (κ2) is 5.20. The monoisotopic (exact) mass is 278 g/mol. The molecule has 0 bridgehead atoms. The number of pyridine rings is 2. The Hall–Kier alpha value is -2.95. The average molecular weight is 278 g/mol. The minimum Gasteiger partial charge on any atom is -0.397 e. The zero-order valence-electron chi connectivity index (χ0n) is 11.5. The number of para-hydroxylation sites is 1. The summed E-state index contributed by atoms with van der Waals surface area (Å²) in [6, 6.07) is 13.0. The van der Waals surface area contributed by atoms with Gasteiger partial charge in [-0.25, -0.2) is 9.97 Å². The number of hydrogen-bond acceptors (Lipinski definition) is 4. The van der Waals surface area contributed by atoms with E-state index in [1.165, 1.54) is 6.20 Å². The van der Waals surface area contributed by atoms with Crippen LogP contribution in [0.2, 0.25) is 0 Å². The lowest BCUT2D eigenvalue weighted by molar-refractivity contribution is 0.102. The molecule has 0 aliphatic rings. The summed E-state index contributed by atoms with van der Waals surface area (Å²) in [6.07, 6.45) is 1.51. The molecule has 5 nitrogen and oxygen atoms in total. The van der Waals surface area contributed by atoms with Crippen molar-refractivity contribution in [3.05, 3.63) is 59.9 Å². The summed E-state index contributed by atoms with van der Waals surface area (Å²) in [7, 11) is 0. The molecular weight excluding hydrogens is 264 g/mol. The topological polar surface area (TPSA) is 80.9 Å².